The van der Waals surface area contributed by atoms with Crippen molar-refractivity contribution in [3.05, 3.63) is 29.6 Å². The fourth-order valence-electron chi connectivity index (χ4n) is 1.79. The maximum Gasteiger partial charge on any atom is 0.339 e. The summed E-state index contributed by atoms with van der Waals surface area (Å²) in [5.74, 6) is -0.935. The van der Waals surface area contributed by atoms with Crippen molar-refractivity contribution in [1.29, 1.82) is 0 Å². The Morgan fingerprint density at radius 2 is 2.12 bits per heavy atom. The van der Waals surface area contributed by atoms with Crippen LogP contribution >= 0.6 is 0 Å². The van der Waals surface area contributed by atoms with Gasteiger partial charge in [0.2, 0.25) is 0 Å². The largest absolute Gasteiger partial charge is 0.478 e. The van der Waals surface area contributed by atoms with E-state index in [2.05, 4.69) is 9.97 Å². The van der Waals surface area contributed by atoms with Crippen LogP contribution in [0, 0.1) is 0 Å². The second-order valence-electron chi connectivity index (χ2n) is 4.83. The molecule has 0 aromatic carbocycles. The Labute approximate surface area is 93.3 Å². The van der Waals surface area contributed by atoms with Gasteiger partial charge in [0.05, 0.1) is 5.52 Å². The molecule has 0 saturated heterocycles. The smallest absolute Gasteiger partial charge is 0.339 e. The molecule has 0 spiro atoms. The van der Waals surface area contributed by atoms with Gasteiger partial charge in [-0.15, -0.1) is 0 Å². The molecule has 0 bridgehead atoms. The summed E-state index contributed by atoms with van der Waals surface area (Å²) in [6.45, 7) is 5.93. The van der Waals surface area contributed by atoms with Gasteiger partial charge in [-0.25, -0.2) is 4.79 Å². The number of carboxylic acids is 1. The first-order valence-corrected chi connectivity index (χ1v) is 5.11. The van der Waals surface area contributed by atoms with Crippen molar-refractivity contribution >= 4 is 17.0 Å². The van der Waals surface area contributed by atoms with Crippen LogP contribution in [0.15, 0.2) is 18.3 Å². The molecule has 2 N–H and O–H groups in total. The highest BCUT2D eigenvalue weighted by Gasteiger charge is 2.26. The van der Waals surface area contributed by atoms with Gasteiger partial charge in [-0.2, -0.15) is 0 Å². The van der Waals surface area contributed by atoms with Crippen LogP contribution in [0.25, 0.3) is 11.0 Å². The number of pyridine rings is 1. The first-order chi connectivity index (χ1) is 7.41. The fraction of sp³-hybridized carbons (Fsp3) is 0.333. The van der Waals surface area contributed by atoms with E-state index >= 15 is 0 Å². The lowest BCUT2D eigenvalue weighted by atomic mass is 9.89. The molecule has 84 valence electrons. The van der Waals surface area contributed by atoms with Gasteiger partial charge in [0.25, 0.3) is 0 Å². The zero-order chi connectivity index (χ0) is 11.9. The minimum absolute atomic E-state index is 0.242. The molecule has 0 aliphatic rings. The molecule has 2 rings (SSSR count). The van der Waals surface area contributed by atoms with Crippen LogP contribution < -0.4 is 0 Å². The molecule has 2 aromatic heterocycles. The van der Waals surface area contributed by atoms with Crippen molar-refractivity contribution in [3.8, 4) is 0 Å². The van der Waals surface area contributed by atoms with Crippen LogP contribution in [-0.4, -0.2) is 21.0 Å². The number of aromatic nitrogens is 2. The van der Waals surface area contributed by atoms with E-state index in [-0.39, 0.29) is 11.0 Å². The summed E-state index contributed by atoms with van der Waals surface area (Å²) in [5, 5.41) is 9.26. The van der Waals surface area contributed by atoms with Crippen LogP contribution in [0.3, 0.4) is 0 Å². The third kappa shape index (κ3) is 1.56. The zero-order valence-electron chi connectivity index (χ0n) is 9.53. The molecule has 2 heterocycles. The van der Waals surface area contributed by atoms with Crippen molar-refractivity contribution < 1.29 is 9.90 Å². The standard InChI is InChI=1S/C12H14N2O2/c1-12(2,3)10-8(11(15)16)9-7(14-10)5-4-6-13-9/h4-6,14H,1-3H3,(H,15,16). The first kappa shape index (κ1) is 10.7. The molecule has 0 saturated carbocycles. The van der Waals surface area contributed by atoms with E-state index < -0.39 is 5.97 Å². The second kappa shape index (κ2) is 3.33. The molecule has 4 nitrogen and oxygen atoms in total. The Bertz CT molecular complexity index is 550. The van der Waals surface area contributed by atoms with Crippen molar-refractivity contribution in [1.82, 2.24) is 9.97 Å². The maximum absolute atomic E-state index is 11.3. The molecule has 0 aliphatic heterocycles. The molecule has 0 fully saturated rings. The lowest BCUT2D eigenvalue weighted by Gasteiger charge is -2.17. The molecule has 16 heavy (non-hydrogen) atoms. The van der Waals surface area contributed by atoms with E-state index in [4.69, 9.17) is 0 Å². The summed E-state index contributed by atoms with van der Waals surface area (Å²) in [6.07, 6.45) is 1.61. The highest BCUT2D eigenvalue weighted by molar-refractivity contribution is 6.03. The molecule has 0 amide bonds. The minimum atomic E-state index is -0.935. The number of aromatic carboxylic acids is 1. The number of nitrogens with zero attached hydrogens (tertiary/aromatic N) is 1. The summed E-state index contributed by atoms with van der Waals surface area (Å²) in [5.41, 5.74) is 2.05. The molecule has 0 aliphatic carbocycles. The van der Waals surface area contributed by atoms with Crippen LogP contribution in [0.2, 0.25) is 0 Å². The van der Waals surface area contributed by atoms with Crippen LogP contribution in [-0.2, 0) is 5.41 Å². The predicted molar refractivity (Wildman–Crippen MR) is 61.8 cm³/mol. The first-order valence-electron chi connectivity index (χ1n) is 5.11. The monoisotopic (exact) mass is 218 g/mol. The summed E-state index contributed by atoms with van der Waals surface area (Å²) in [4.78, 5) is 18.6. The molecular weight excluding hydrogens is 204 g/mol. The second-order valence-corrected chi connectivity index (χ2v) is 4.83. The van der Waals surface area contributed by atoms with Gasteiger partial charge in [-0.3, -0.25) is 4.98 Å². The average molecular weight is 218 g/mol. The molecule has 4 heteroatoms. The number of H-pyrrole nitrogens is 1. The Morgan fingerprint density at radius 1 is 1.44 bits per heavy atom. The normalized spacial score (nSPS) is 11.9. The van der Waals surface area contributed by atoms with Gasteiger partial charge in [-0.1, -0.05) is 20.8 Å². The number of hydrogen-bond acceptors (Lipinski definition) is 2. The predicted octanol–water partition coefficient (Wildman–Crippen LogP) is 2.56. The van der Waals surface area contributed by atoms with Crippen LogP contribution in [0.4, 0.5) is 0 Å². The van der Waals surface area contributed by atoms with E-state index in [1.165, 1.54) is 0 Å². The molecular formula is C12H14N2O2. The topological polar surface area (TPSA) is 66.0 Å². The SMILES string of the molecule is CC(C)(C)c1[nH]c2cccnc2c1C(=O)O. The lowest BCUT2D eigenvalue weighted by Crippen LogP contribution is -2.16. The van der Waals surface area contributed by atoms with Crippen LogP contribution in [0.1, 0.15) is 36.8 Å². The van der Waals surface area contributed by atoms with Crippen molar-refractivity contribution in [2.45, 2.75) is 26.2 Å². The minimum Gasteiger partial charge on any atom is -0.478 e. The third-order valence-corrected chi connectivity index (χ3v) is 2.52. The van der Waals surface area contributed by atoms with Crippen LogP contribution in [0.5, 0.6) is 0 Å². The summed E-state index contributed by atoms with van der Waals surface area (Å²) >= 11 is 0. The quantitative estimate of drug-likeness (QED) is 0.773. The number of carboxylic acid groups (broad SMARTS) is 1. The van der Waals surface area contributed by atoms with Gasteiger partial charge in [-0.05, 0) is 12.1 Å². The maximum atomic E-state index is 11.3. The molecule has 0 radical (unpaired) electrons. The van der Waals surface area contributed by atoms with E-state index in [1.807, 2.05) is 26.8 Å². The van der Waals surface area contributed by atoms with E-state index in [0.29, 0.717) is 11.2 Å². The number of nitrogens with one attached hydrogen (secondary N) is 1. The number of rotatable bonds is 1. The zero-order valence-corrected chi connectivity index (χ0v) is 9.53. The Morgan fingerprint density at radius 3 is 2.69 bits per heavy atom. The van der Waals surface area contributed by atoms with E-state index in [1.54, 1.807) is 12.3 Å². The van der Waals surface area contributed by atoms with E-state index in [0.717, 1.165) is 5.52 Å². The number of fused-ring (bicyclic) bond motifs is 1. The number of hydrogen-bond donors (Lipinski definition) is 2. The van der Waals surface area contributed by atoms with Crippen molar-refractivity contribution in [3.63, 3.8) is 0 Å². The third-order valence-electron chi connectivity index (χ3n) is 2.52. The Hall–Kier alpha value is -1.84. The van der Waals surface area contributed by atoms with Gasteiger partial charge in [0.15, 0.2) is 0 Å². The van der Waals surface area contributed by atoms with E-state index in [9.17, 15) is 9.90 Å². The fourth-order valence-corrected chi connectivity index (χ4v) is 1.79. The highest BCUT2D eigenvalue weighted by Crippen LogP contribution is 2.29. The number of carbonyl (C=O) groups is 1. The highest BCUT2D eigenvalue weighted by atomic mass is 16.4. The summed E-state index contributed by atoms with van der Waals surface area (Å²) in [7, 11) is 0. The number of aromatic amines is 1. The molecule has 0 unspecified atom stereocenters. The average Bonchev–Trinajstić information content (AvgIpc) is 2.55. The Kier molecular flexibility index (Phi) is 2.22. The molecule has 0 atom stereocenters. The molecule has 2 aromatic rings. The lowest BCUT2D eigenvalue weighted by molar-refractivity contribution is 0.0696. The van der Waals surface area contributed by atoms with Gasteiger partial charge in [0.1, 0.15) is 11.1 Å². The van der Waals surface area contributed by atoms with Crippen molar-refractivity contribution in [2.75, 3.05) is 0 Å². The van der Waals surface area contributed by atoms with Gasteiger partial charge in [0, 0.05) is 17.3 Å². The Balaban J connectivity index is 2.84. The van der Waals surface area contributed by atoms with Gasteiger partial charge >= 0.3 is 5.97 Å². The summed E-state index contributed by atoms with van der Waals surface area (Å²) < 4.78 is 0. The van der Waals surface area contributed by atoms with Crippen molar-refractivity contribution in [2.24, 2.45) is 0 Å². The van der Waals surface area contributed by atoms with Gasteiger partial charge < -0.3 is 10.1 Å². The summed E-state index contributed by atoms with van der Waals surface area (Å²) in [6, 6.07) is 3.63.